The maximum Gasteiger partial charge on any atom is 0.298 e. The summed E-state index contributed by atoms with van der Waals surface area (Å²) in [7, 11) is -3.86. The Morgan fingerprint density at radius 2 is 1.70 bits per heavy atom. The van der Waals surface area contributed by atoms with Crippen molar-refractivity contribution in [3.8, 4) is 16.9 Å². The second-order valence-electron chi connectivity index (χ2n) is 7.21. The fourth-order valence-corrected chi connectivity index (χ4v) is 4.01. The van der Waals surface area contributed by atoms with Crippen LogP contribution >= 0.6 is 0 Å². The molecule has 4 rings (SSSR count). The number of sulfonamides is 1. The molecular weight excluding hydrogens is 442 g/mol. The van der Waals surface area contributed by atoms with Crippen LogP contribution in [0.1, 0.15) is 17.4 Å². The summed E-state index contributed by atoms with van der Waals surface area (Å²) < 4.78 is 30.0. The predicted octanol–water partition coefficient (Wildman–Crippen LogP) is 3.47. The number of benzene rings is 2. The number of ketones is 1. The van der Waals surface area contributed by atoms with E-state index < -0.39 is 21.7 Å². The van der Waals surface area contributed by atoms with Crippen LogP contribution in [0.4, 0.5) is 5.69 Å². The van der Waals surface area contributed by atoms with Gasteiger partial charge in [0.2, 0.25) is 10.0 Å². The van der Waals surface area contributed by atoms with E-state index in [1.165, 1.54) is 24.3 Å². The summed E-state index contributed by atoms with van der Waals surface area (Å²) in [6.07, 6.45) is 1.72. The van der Waals surface area contributed by atoms with Gasteiger partial charge in [-0.05, 0) is 67.1 Å². The Morgan fingerprint density at radius 3 is 2.33 bits per heavy atom. The molecule has 1 amide bonds. The van der Waals surface area contributed by atoms with Gasteiger partial charge in [-0.3, -0.25) is 9.59 Å². The molecule has 0 aliphatic carbocycles. The van der Waals surface area contributed by atoms with Crippen LogP contribution in [0.3, 0.4) is 0 Å². The van der Waals surface area contributed by atoms with Gasteiger partial charge in [0.1, 0.15) is 11.4 Å². The van der Waals surface area contributed by atoms with Crippen molar-refractivity contribution < 1.29 is 22.7 Å². The van der Waals surface area contributed by atoms with Gasteiger partial charge >= 0.3 is 0 Å². The van der Waals surface area contributed by atoms with E-state index in [9.17, 15) is 18.0 Å². The van der Waals surface area contributed by atoms with Crippen molar-refractivity contribution in [1.29, 1.82) is 0 Å². The number of aromatic nitrogens is 1. The van der Waals surface area contributed by atoms with Crippen LogP contribution in [-0.2, 0) is 14.8 Å². The fraction of sp³-hybridized carbons (Fsp3) is 0.0833. The molecule has 9 heteroatoms. The van der Waals surface area contributed by atoms with Gasteiger partial charge in [-0.1, -0.05) is 18.2 Å². The van der Waals surface area contributed by atoms with Crippen molar-refractivity contribution in [2.24, 2.45) is 5.14 Å². The molecule has 0 atom stereocenters. The largest absolute Gasteiger partial charge is 0.494 e. The normalized spacial score (nSPS) is 11.3. The topological polar surface area (TPSA) is 120 Å². The highest BCUT2D eigenvalue weighted by atomic mass is 32.2. The number of fused-ring (bicyclic) bond motifs is 1. The fourth-order valence-electron chi connectivity index (χ4n) is 3.50. The Balaban J connectivity index is 1.68. The van der Waals surface area contributed by atoms with Crippen LogP contribution in [0.2, 0.25) is 0 Å². The average molecular weight is 464 g/mol. The Kier molecular flexibility index (Phi) is 5.99. The zero-order valence-corrected chi connectivity index (χ0v) is 18.5. The Labute approximate surface area is 190 Å². The molecule has 168 valence electrons. The minimum absolute atomic E-state index is 0.0952. The molecule has 33 heavy (non-hydrogen) atoms. The molecule has 0 fully saturated rings. The number of anilines is 1. The number of hydrogen-bond donors (Lipinski definition) is 2. The molecule has 0 radical (unpaired) electrons. The van der Waals surface area contributed by atoms with Crippen LogP contribution in [-0.4, -0.2) is 31.1 Å². The van der Waals surface area contributed by atoms with Crippen molar-refractivity contribution in [3.05, 3.63) is 84.7 Å². The van der Waals surface area contributed by atoms with E-state index in [0.29, 0.717) is 17.9 Å². The van der Waals surface area contributed by atoms with Gasteiger partial charge in [0.25, 0.3) is 11.7 Å². The highest BCUT2D eigenvalue weighted by Gasteiger charge is 2.25. The number of ether oxygens (including phenoxy) is 1. The molecule has 0 saturated carbocycles. The van der Waals surface area contributed by atoms with Gasteiger partial charge in [-0.2, -0.15) is 0 Å². The second-order valence-corrected chi connectivity index (χ2v) is 8.77. The number of nitrogens with one attached hydrogen (secondary N) is 1. The summed E-state index contributed by atoms with van der Waals surface area (Å²) >= 11 is 0. The Morgan fingerprint density at radius 1 is 1.00 bits per heavy atom. The zero-order valence-electron chi connectivity index (χ0n) is 17.7. The van der Waals surface area contributed by atoms with Crippen molar-refractivity contribution in [3.63, 3.8) is 0 Å². The molecule has 2 heterocycles. The summed E-state index contributed by atoms with van der Waals surface area (Å²) in [6.45, 7) is 2.43. The SMILES string of the molecule is CCOc1ccc(-c2cc3ccccn3c2C(=O)C(=O)Nc2ccc(S(N)(=O)=O)cc2)cc1. The Bertz CT molecular complexity index is 1440. The van der Waals surface area contributed by atoms with Gasteiger partial charge in [-0.25, -0.2) is 13.6 Å². The smallest absolute Gasteiger partial charge is 0.298 e. The van der Waals surface area contributed by atoms with Crippen LogP contribution in [0.5, 0.6) is 5.75 Å². The molecule has 0 aliphatic heterocycles. The van der Waals surface area contributed by atoms with Crippen LogP contribution in [0.15, 0.2) is 83.9 Å². The van der Waals surface area contributed by atoms with E-state index in [4.69, 9.17) is 9.88 Å². The standard InChI is InChI=1S/C24H21N3O5S/c1-2-32-19-10-6-16(7-11-19)21-15-18-5-3-4-14-27(18)22(21)23(28)24(29)26-17-8-12-20(13-9-17)33(25,30)31/h3-15H,2H2,1H3,(H,26,29)(H2,25,30,31). The number of Topliss-reactive ketones (excluding diaryl/α,β-unsaturated/α-hetero) is 1. The third kappa shape index (κ3) is 4.64. The number of amides is 1. The first kappa shape index (κ1) is 22.3. The number of nitrogens with two attached hydrogens (primary N) is 1. The van der Waals surface area contributed by atoms with E-state index in [0.717, 1.165) is 11.1 Å². The lowest BCUT2D eigenvalue weighted by atomic mass is 10.0. The zero-order chi connectivity index (χ0) is 23.6. The number of nitrogens with zero attached hydrogens (tertiary/aromatic N) is 1. The molecule has 2 aromatic heterocycles. The highest BCUT2D eigenvalue weighted by molar-refractivity contribution is 7.89. The number of primary sulfonamides is 1. The molecule has 8 nitrogen and oxygen atoms in total. The molecule has 0 aliphatic rings. The van der Waals surface area contributed by atoms with E-state index >= 15 is 0 Å². The van der Waals surface area contributed by atoms with Crippen LogP contribution in [0, 0.1) is 0 Å². The van der Waals surface area contributed by atoms with E-state index in [1.807, 2.05) is 49.4 Å². The summed E-state index contributed by atoms with van der Waals surface area (Å²) in [5.41, 5.74) is 2.61. The molecule has 2 aromatic carbocycles. The highest BCUT2D eigenvalue weighted by Crippen LogP contribution is 2.30. The van der Waals surface area contributed by atoms with Gasteiger partial charge in [0.05, 0.1) is 11.5 Å². The monoisotopic (exact) mass is 463 g/mol. The maximum atomic E-state index is 13.2. The van der Waals surface area contributed by atoms with Crippen LogP contribution < -0.4 is 15.2 Å². The van der Waals surface area contributed by atoms with Gasteiger partial charge < -0.3 is 14.5 Å². The number of rotatable bonds is 7. The average Bonchev–Trinajstić information content (AvgIpc) is 3.18. The van der Waals surface area contributed by atoms with Gasteiger partial charge in [-0.15, -0.1) is 0 Å². The van der Waals surface area contributed by atoms with Crippen molar-refractivity contribution in [2.45, 2.75) is 11.8 Å². The predicted molar refractivity (Wildman–Crippen MR) is 125 cm³/mol. The molecule has 0 bridgehead atoms. The molecule has 4 aromatic rings. The number of carbonyl (C=O) groups is 2. The number of pyridine rings is 1. The third-order valence-electron chi connectivity index (χ3n) is 5.02. The quantitative estimate of drug-likeness (QED) is 0.321. The summed E-state index contributed by atoms with van der Waals surface area (Å²) in [5, 5.41) is 7.61. The second kappa shape index (κ2) is 8.89. The molecule has 3 N–H and O–H groups in total. The lowest BCUT2D eigenvalue weighted by Gasteiger charge is -2.09. The van der Waals surface area contributed by atoms with Gasteiger partial charge in [0, 0.05) is 23.0 Å². The minimum atomic E-state index is -3.86. The molecule has 0 spiro atoms. The number of carbonyl (C=O) groups excluding carboxylic acids is 2. The van der Waals surface area contributed by atoms with Gasteiger partial charge in [0.15, 0.2) is 0 Å². The molecular formula is C24H21N3O5S. The van der Waals surface area contributed by atoms with Crippen LogP contribution in [0.25, 0.3) is 16.6 Å². The Hall–Kier alpha value is -3.95. The van der Waals surface area contributed by atoms with E-state index in [-0.39, 0.29) is 16.3 Å². The number of hydrogen-bond acceptors (Lipinski definition) is 5. The van der Waals surface area contributed by atoms with E-state index in [2.05, 4.69) is 5.32 Å². The first-order valence-electron chi connectivity index (χ1n) is 10.1. The lowest BCUT2D eigenvalue weighted by Crippen LogP contribution is -2.24. The lowest BCUT2D eigenvalue weighted by molar-refractivity contribution is -0.112. The first-order chi connectivity index (χ1) is 15.8. The minimum Gasteiger partial charge on any atom is -0.494 e. The first-order valence-corrected chi connectivity index (χ1v) is 11.6. The molecule has 0 saturated heterocycles. The van der Waals surface area contributed by atoms with Crippen molar-refractivity contribution in [2.75, 3.05) is 11.9 Å². The molecule has 0 unspecified atom stereocenters. The maximum absolute atomic E-state index is 13.2. The van der Waals surface area contributed by atoms with Crippen molar-refractivity contribution >= 4 is 32.9 Å². The summed E-state index contributed by atoms with van der Waals surface area (Å²) in [6, 6.07) is 19.8. The van der Waals surface area contributed by atoms with E-state index in [1.54, 1.807) is 16.7 Å². The summed E-state index contributed by atoms with van der Waals surface area (Å²) in [4.78, 5) is 26.0. The third-order valence-corrected chi connectivity index (χ3v) is 5.95. The summed E-state index contributed by atoms with van der Waals surface area (Å²) in [5.74, 6) is -0.881. The van der Waals surface area contributed by atoms with Crippen molar-refractivity contribution in [1.82, 2.24) is 4.40 Å².